The molecule has 0 bridgehead atoms. The minimum Gasteiger partial charge on any atom is -0.339 e. The van der Waals surface area contributed by atoms with Gasteiger partial charge in [0.1, 0.15) is 5.69 Å². The lowest BCUT2D eigenvalue weighted by Gasteiger charge is -2.24. The average Bonchev–Trinajstić information content (AvgIpc) is 2.88. The Morgan fingerprint density at radius 3 is 2.71 bits per heavy atom. The number of pyridine rings is 1. The normalized spacial score (nSPS) is 14.4. The van der Waals surface area contributed by atoms with Crippen molar-refractivity contribution in [3.63, 3.8) is 0 Å². The van der Waals surface area contributed by atoms with Gasteiger partial charge in [0.2, 0.25) is 11.7 Å². The van der Waals surface area contributed by atoms with Crippen molar-refractivity contribution in [1.82, 2.24) is 20.4 Å². The Bertz CT molecular complexity index is 585. The molecule has 21 heavy (non-hydrogen) atoms. The highest BCUT2D eigenvalue weighted by molar-refractivity contribution is 6.32. The molecule has 2 rings (SSSR count). The number of nitrogens with zero attached hydrogens (tertiary/aromatic N) is 3. The Balaban J connectivity index is 2.31. The van der Waals surface area contributed by atoms with Gasteiger partial charge in [0.25, 0.3) is 0 Å². The van der Waals surface area contributed by atoms with E-state index in [0.29, 0.717) is 28.3 Å². The smallest absolute Gasteiger partial charge is 0.231 e. The number of hydrogen-bond acceptors (Lipinski definition) is 5. The Morgan fingerprint density at radius 2 is 2.10 bits per heavy atom. The average molecular weight is 309 g/mol. The fourth-order valence-electron chi connectivity index (χ4n) is 2.54. The van der Waals surface area contributed by atoms with Gasteiger partial charge in [-0.3, -0.25) is 4.98 Å². The molecule has 114 valence electrons. The lowest BCUT2D eigenvalue weighted by molar-refractivity contribution is 0.281. The number of halogens is 1. The number of hydrogen-bond donors (Lipinski definition) is 1. The zero-order chi connectivity index (χ0) is 15.4. The molecule has 2 aromatic heterocycles. The Morgan fingerprint density at radius 1 is 1.33 bits per heavy atom. The molecular weight excluding hydrogens is 288 g/mol. The largest absolute Gasteiger partial charge is 0.339 e. The molecule has 0 radical (unpaired) electrons. The summed E-state index contributed by atoms with van der Waals surface area (Å²) in [6, 6.07) is 3.79. The molecule has 5 nitrogen and oxygen atoms in total. The quantitative estimate of drug-likeness (QED) is 0.884. The van der Waals surface area contributed by atoms with Gasteiger partial charge in [0, 0.05) is 12.2 Å². The van der Waals surface area contributed by atoms with Crippen molar-refractivity contribution in [2.24, 2.45) is 5.92 Å². The molecule has 0 aliphatic rings. The highest BCUT2D eigenvalue weighted by Gasteiger charge is 2.28. The molecule has 0 fully saturated rings. The first-order valence-electron chi connectivity index (χ1n) is 7.22. The lowest BCUT2D eigenvalue weighted by atomic mass is 9.89. The summed E-state index contributed by atoms with van der Waals surface area (Å²) < 4.78 is 5.47. The van der Waals surface area contributed by atoms with Crippen molar-refractivity contribution >= 4 is 11.6 Å². The minimum absolute atomic E-state index is 0.147. The first-order chi connectivity index (χ1) is 10.0. The van der Waals surface area contributed by atoms with Crippen LogP contribution in [0.2, 0.25) is 5.02 Å². The summed E-state index contributed by atoms with van der Waals surface area (Å²) >= 11 is 6.13. The van der Waals surface area contributed by atoms with Crippen molar-refractivity contribution in [2.45, 2.75) is 39.7 Å². The first-order valence-corrected chi connectivity index (χ1v) is 7.60. The van der Waals surface area contributed by atoms with E-state index in [2.05, 4.69) is 48.1 Å². The second-order valence-corrected chi connectivity index (χ2v) is 5.81. The van der Waals surface area contributed by atoms with Crippen molar-refractivity contribution < 1.29 is 4.52 Å². The molecule has 0 spiro atoms. The van der Waals surface area contributed by atoms with Crippen LogP contribution < -0.4 is 5.32 Å². The Kier molecular flexibility index (Phi) is 5.31. The van der Waals surface area contributed by atoms with Crippen LogP contribution in [-0.4, -0.2) is 27.7 Å². The SMILES string of the molecule is CCNC(C)C(c1nc(-c2ncccc2Cl)no1)C(C)C. The molecule has 0 amide bonds. The van der Waals surface area contributed by atoms with E-state index in [1.54, 1.807) is 18.3 Å². The predicted octanol–water partition coefficient (Wildman–Crippen LogP) is 3.52. The standard InChI is InChI=1S/C15H21ClN4O/c1-5-17-10(4)12(9(2)3)15-19-14(20-21-15)13-11(16)7-6-8-18-13/h6-10,12,17H,5H2,1-4H3. The minimum atomic E-state index is 0.147. The van der Waals surface area contributed by atoms with Gasteiger partial charge in [-0.05, 0) is 31.5 Å². The molecular formula is C15H21ClN4O. The van der Waals surface area contributed by atoms with Crippen LogP contribution in [0.25, 0.3) is 11.5 Å². The van der Waals surface area contributed by atoms with E-state index in [9.17, 15) is 0 Å². The third-order valence-electron chi connectivity index (χ3n) is 3.48. The van der Waals surface area contributed by atoms with Gasteiger partial charge in [-0.15, -0.1) is 0 Å². The van der Waals surface area contributed by atoms with Crippen molar-refractivity contribution in [3.8, 4) is 11.5 Å². The van der Waals surface area contributed by atoms with Gasteiger partial charge in [-0.1, -0.05) is 37.5 Å². The zero-order valence-corrected chi connectivity index (χ0v) is 13.6. The summed E-state index contributed by atoms with van der Waals surface area (Å²) in [7, 11) is 0. The molecule has 0 saturated carbocycles. The van der Waals surface area contributed by atoms with Crippen LogP contribution >= 0.6 is 11.6 Å². The molecule has 6 heteroatoms. The van der Waals surface area contributed by atoms with Crippen LogP contribution in [0.4, 0.5) is 0 Å². The summed E-state index contributed by atoms with van der Waals surface area (Å²) in [5, 5.41) is 7.97. The van der Waals surface area contributed by atoms with Gasteiger partial charge in [0.05, 0.1) is 10.9 Å². The van der Waals surface area contributed by atoms with Gasteiger partial charge >= 0.3 is 0 Å². The second kappa shape index (κ2) is 7.00. The summed E-state index contributed by atoms with van der Waals surface area (Å²) in [4.78, 5) is 8.72. The van der Waals surface area contributed by atoms with E-state index in [0.717, 1.165) is 6.54 Å². The maximum absolute atomic E-state index is 6.13. The van der Waals surface area contributed by atoms with Gasteiger partial charge < -0.3 is 9.84 Å². The molecule has 0 aliphatic carbocycles. The molecule has 0 saturated heterocycles. The maximum Gasteiger partial charge on any atom is 0.231 e. The van der Waals surface area contributed by atoms with Crippen LogP contribution in [0.1, 0.15) is 39.5 Å². The van der Waals surface area contributed by atoms with E-state index < -0.39 is 0 Å². The molecule has 2 unspecified atom stereocenters. The maximum atomic E-state index is 6.13. The van der Waals surface area contributed by atoms with Gasteiger partial charge in [-0.2, -0.15) is 4.98 Å². The topological polar surface area (TPSA) is 63.8 Å². The highest BCUT2D eigenvalue weighted by Crippen LogP contribution is 2.29. The molecule has 2 atom stereocenters. The molecule has 1 N–H and O–H groups in total. The fourth-order valence-corrected chi connectivity index (χ4v) is 2.75. The van der Waals surface area contributed by atoms with Crippen molar-refractivity contribution in [3.05, 3.63) is 29.2 Å². The van der Waals surface area contributed by atoms with Crippen molar-refractivity contribution in [2.75, 3.05) is 6.54 Å². The molecule has 2 aromatic rings. The predicted molar refractivity (Wildman–Crippen MR) is 83.3 cm³/mol. The van der Waals surface area contributed by atoms with E-state index in [1.165, 1.54) is 0 Å². The molecule has 2 heterocycles. The third kappa shape index (κ3) is 3.60. The zero-order valence-electron chi connectivity index (χ0n) is 12.8. The second-order valence-electron chi connectivity index (χ2n) is 5.41. The monoisotopic (exact) mass is 308 g/mol. The summed E-state index contributed by atoms with van der Waals surface area (Å²) in [6.07, 6.45) is 1.67. The van der Waals surface area contributed by atoms with Crippen LogP contribution in [0.5, 0.6) is 0 Å². The summed E-state index contributed by atoms with van der Waals surface area (Å²) in [5.41, 5.74) is 0.549. The van der Waals surface area contributed by atoms with E-state index in [1.807, 2.05) is 0 Å². The molecule has 0 aromatic carbocycles. The number of rotatable bonds is 6. The number of likely N-dealkylation sites (N-methyl/N-ethyl adjacent to an activating group) is 1. The summed E-state index contributed by atoms with van der Waals surface area (Å²) in [5.74, 6) is 1.58. The van der Waals surface area contributed by atoms with Gasteiger partial charge in [-0.25, -0.2) is 0 Å². The van der Waals surface area contributed by atoms with E-state index in [4.69, 9.17) is 16.1 Å². The summed E-state index contributed by atoms with van der Waals surface area (Å²) in [6.45, 7) is 9.41. The van der Waals surface area contributed by atoms with E-state index in [-0.39, 0.29) is 12.0 Å². The lowest BCUT2D eigenvalue weighted by Crippen LogP contribution is -2.34. The van der Waals surface area contributed by atoms with Crippen LogP contribution in [0, 0.1) is 5.92 Å². The number of nitrogens with one attached hydrogen (secondary N) is 1. The Labute approximate surface area is 130 Å². The third-order valence-corrected chi connectivity index (χ3v) is 3.79. The van der Waals surface area contributed by atoms with Crippen molar-refractivity contribution in [1.29, 1.82) is 0 Å². The van der Waals surface area contributed by atoms with Crippen LogP contribution in [0.15, 0.2) is 22.9 Å². The first kappa shape index (κ1) is 15.9. The van der Waals surface area contributed by atoms with E-state index >= 15 is 0 Å². The Hall–Kier alpha value is -1.46. The van der Waals surface area contributed by atoms with Gasteiger partial charge in [0.15, 0.2) is 0 Å². The van der Waals surface area contributed by atoms with Crippen LogP contribution in [-0.2, 0) is 0 Å². The van der Waals surface area contributed by atoms with Crippen LogP contribution in [0.3, 0.4) is 0 Å². The highest BCUT2D eigenvalue weighted by atomic mass is 35.5. The fraction of sp³-hybridized carbons (Fsp3) is 0.533. The number of aromatic nitrogens is 3. The molecule has 0 aliphatic heterocycles.